The number of carbonyl (C=O) groups is 2. The Hall–Kier alpha value is -3.22. The van der Waals surface area contributed by atoms with Crippen molar-refractivity contribution in [3.8, 4) is 11.1 Å². The van der Waals surface area contributed by atoms with Crippen LogP contribution in [0, 0.1) is 5.82 Å². The SMILES string of the molecule is CN(C)Cc1ccc(-c2ccccc2CNC(=O)CCNC(=O)c2ccc(F)cc2Cl)cc1. The molecule has 0 bridgehead atoms. The molecule has 3 aromatic rings. The third kappa shape index (κ3) is 7.14. The van der Waals surface area contributed by atoms with Crippen LogP contribution in [0.2, 0.25) is 5.02 Å². The molecule has 0 saturated heterocycles. The van der Waals surface area contributed by atoms with Crippen LogP contribution < -0.4 is 10.6 Å². The van der Waals surface area contributed by atoms with Gasteiger partial charge in [0.2, 0.25) is 5.91 Å². The molecule has 0 unspecified atom stereocenters. The van der Waals surface area contributed by atoms with Gasteiger partial charge in [0.15, 0.2) is 0 Å². The largest absolute Gasteiger partial charge is 0.352 e. The van der Waals surface area contributed by atoms with E-state index in [9.17, 15) is 14.0 Å². The average molecular weight is 468 g/mol. The maximum absolute atomic E-state index is 13.1. The van der Waals surface area contributed by atoms with Gasteiger partial charge in [0.05, 0.1) is 10.6 Å². The van der Waals surface area contributed by atoms with Gasteiger partial charge < -0.3 is 15.5 Å². The van der Waals surface area contributed by atoms with E-state index in [1.54, 1.807) is 0 Å². The van der Waals surface area contributed by atoms with Crippen LogP contribution in [0.15, 0.2) is 66.7 Å². The van der Waals surface area contributed by atoms with Gasteiger partial charge in [0.1, 0.15) is 5.82 Å². The summed E-state index contributed by atoms with van der Waals surface area (Å²) >= 11 is 5.90. The predicted octanol–water partition coefficient (Wildman–Crippen LogP) is 4.64. The Bertz CT molecular complexity index is 1120. The van der Waals surface area contributed by atoms with Crippen molar-refractivity contribution < 1.29 is 14.0 Å². The second kappa shape index (κ2) is 11.6. The molecule has 2 N–H and O–H groups in total. The van der Waals surface area contributed by atoms with E-state index in [2.05, 4.69) is 39.8 Å². The molecule has 33 heavy (non-hydrogen) atoms. The Kier molecular flexibility index (Phi) is 8.58. The van der Waals surface area contributed by atoms with Crippen LogP contribution in [0.4, 0.5) is 4.39 Å². The lowest BCUT2D eigenvalue weighted by molar-refractivity contribution is -0.121. The Labute approximate surface area is 198 Å². The molecule has 5 nitrogen and oxygen atoms in total. The zero-order valence-corrected chi connectivity index (χ0v) is 19.5. The topological polar surface area (TPSA) is 61.4 Å². The summed E-state index contributed by atoms with van der Waals surface area (Å²) in [5.41, 5.74) is 4.56. The summed E-state index contributed by atoms with van der Waals surface area (Å²) in [6.07, 6.45) is 0.117. The van der Waals surface area contributed by atoms with Gasteiger partial charge in [-0.05, 0) is 54.5 Å². The van der Waals surface area contributed by atoms with Crippen LogP contribution in [0.3, 0.4) is 0 Å². The predicted molar refractivity (Wildman–Crippen MR) is 129 cm³/mol. The number of benzene rings is 3. The van der Waals surface area contributed by atoms with Crippen molar-refractivity contribution in [3.05, 3.63) is 94.3 Å². The number of rotatable bonds is 9. The van der Waals surface area contributed by atoms with Crippen molar-refractivity contribution in [1.29, 1.82) is 0 Å². The van der Waals surface area contributed by atoms with Gasteiger partial charge >= 0.3 is 0 Å². The highest BCUT2D eigenvalue weighted by Crippen LogP contribution is 2.24. The maximum Gasteiger partial charge on any atom is 0.252 e. The van der Waals surface area contributed by atoms with E-state index >= 15 is 0 Å². The minimum Gasteiger partial charge on any atom is -0.352 e. The number of hydrogen-bond donors (Lipinski definition) is 2. The number of halogens is 2. The van der Waals surface area contributed by atoms with E-state index in [4.69, 9.17) is 11.6 Å². The normalized spacial score (nSPS) is 10.8. The molecule has 0 radical (unpaired) electrons. The summed E-state index contributed by atoms with van der Waals surface area (Å²) in [6, 6.07) is 19.9. The fourth-order valence-corrected chi connectivity index (χ4v) is 3.70. The summed E-state index contributed by atoms with van der Waals surface area (Å²) in [5.74, 6) is -1.15. The molecular weight excluding hydrogens is 441 g/mol. The van der Waals surface area contributed by atoms with Gasteiger partial charge in [-0.3, -0.25) is 9.59 Å². The first-order valence-corrected chi connectivity index (χ1v) is 11.0. The van der Waals surface area contributed by atoms with Crippen LogP contribution in [-0.2, 0) is 17.9 Å². The second-order valence-corrected chi connectivity index (χ2v) is 8.41. The Balaban J connectivity index is 1.53. The zero-order valence-electron chi connectivity index (χ0n) is 18.7. The molecule has 3 aromatic carbocycles. The minimum absolute atomic E-state index is 0.0308. The number of nitrogens with zero attached hydrogens (tertiary/aromatic N) is 1. The fraction of sp³-hybridized carbons (Fsp3) is 0.231. The van der Waals surface area contributed by atoms with E-state index in [0.717, 1.165) is 29.3 Å². The molecule has 7 heteroatoms. The fourth-order valence-electron chi connectivity index (χ4n) is 3.45. The van der Waals surface area contributed by atoms with Crippen LogP contribution >= 0.6 is 11.6 Å². The van der Waals surface area contributed by atoms with Crippen LogP contribution in [0.1, 0.15) is 27.9 Å². The molecule has 3 rings (SSSR count). The molecule has 0 atom stereocenters. The quantitative estimate of drug-likeness (QED) is 0.481. The number of nitrogens with one attached hydrogen (secondary N) is 2. The Morgan fingerprint density at radius 3 is 2.39 bits per heavy atom. The van der Waals surface area contributed by atoms with E-state index < -0.39 is 11.7 Å². The molecule has 0 aliphatic carbocycles. The average Bonchev–Trinajstić information content (AvgIpc) is 2.78. The van der Waals surface area contributed by atoms with Crippen LogP contribution in [0.5, 0.6) is 0 Å². The van der Waals surface area contributed by atoms with E-state index in [-0.39, 0.29) is 29.5 Å². The molecule has 0 saturated carbocycles. The molecule has 0 aromatic heterocycles. The van der Waals surface area contributed by atoms with E-state index in [1.807, 2.05) is 38.4 Å². The lowest BCUT2D eigenvalue weighted by atomic mass is 9.98. The lowest BCUT2D eigenvalue weighted by Crippen LogP contribution is -2.30. The standard InChI is InChI=1S/C26H27ClFN3O2/c1-31(2)17-18-7-9-19(10-8-18)22-6-4-3-5-20(22)16-30-25(32)13-14-29-26(33)23-12-11-21(28)15-24(23)27/h3-12,15H,13-14,16-17H2,1-2H3,(H,29,33)(H,30,32). The highest BCUT2D eigenvalue weighted by atomic mass is 35.5. The summed E-state index contributed by atoms with van der Waals surface area (Å²) in [4.78, 5) is 26.6. The molecular formula is C26H27ClFN3O2. The van der Waals surface area contributed by atoms with Crippen molar-refractivity contribution >= 4 is 23.4 Å². The molecule has 0 fully saturated rings. The first kappa shape index (κ1) is 24.4. The Morgan fingerprint density at radius 2 is 1.70 bits per heavy atom. The van der Waals surface area contributed by atoms with Crippen molar-refractivity contribution in [2.75, 3.05) is 20.6 Å². The maximum atomic E-state index is 13.1. The van der Waals surface area contributed by atoms with Gasteiger partial charge in [-0.2, -0.15) is 0 Å². The van der Waals surface area contributed by atoms with Crippen molar-refractivity contribution in [2.24, 2.45) is 0 Å². The highest BCUT2D eigenvalue weighted by molar-refractivity contribution is 6.33. The minimum atomic E-state index is -0.513. The highest BCUT2D eigenvalue weighted by Gasteiger charge is 2.12. The molecule has 2 amide bonds. The van der Waals surface area contributed by atoms with Gasteiger partial charge in [-0.1, -0.05) is 60.1 Å². The summed E-state index contributed by atoms with van der Waals surface area (Å²) < 4.78 is 13.1. The summed E-state index contributed by atoms with van der Waals surface area (Å²) in [5, 5.41) is 5.57. The monoisotopic (exact) mass is 467 g/mol. The molecule has 0 heterocycles. The summed E-state index contributed by atoms with van der Waals surface area (Å²) in [7, 11) is 4.07. The first-order valence-electron chi connectivity index (χ1n) is 10.7. The van der Waals surface area contributed by atoms with Crippen molar-refractivity contribution in [1.82, 2.24) is 15.5 Å². The lowest BCUT2D eigenvalue weighted by Gasteiger charge is -2.13. The zero-order chi connectivity index (χ0) is 23.8. The molecule has 0 aliphatic heterocycles. The van der Waals surface area contributed by atoms with Gasteiger partial charge in [0.25, 0.3) is 5.91 Å². The first-order chi connectivity index (χ1) is 15.8. The van der Waals surface area contributed by atoms with E-state index in [1.165, 1.54) is 17.7 Å². The number of amides is 2. The third-order valence-corrected chi connectivity index (χ3v) is 5.38. The van der Waals surface area contributed by atoms with Gasteiger partial charge in [-0.25, -0.2) is 4.39 Å². The van der Waals surface area contributed by atoms with E-state index in [0.29, 0.717) is 6.54 Å². The third-order valence-electron chi connectivity index (χ3n) is 5.07. The van der Waals surface area contributed by atoms with Gasteiger partial charge in [-0.15, -0.1) is 0 Å². The Morgan fingerprint density at radius 1 is 0.970 bits per heavy atom. The molecule has 172 valence electrons. The van der Waals surface area contributed by atoms with Crippen LogP contribution in [-0.4, -0.2) is 37.4 Å². The number of carbonyl (C=O) groups excluding carboxylic acids is 2. The number of hydrogen-bond acceptors (Lipinski definition) is 3. The van der Waals surface area contributed by atoms with Crippen LogP contribution in [0.25, 0.3) is 11.1 Å². The van der Waals surface area contributed by atoms with Crippen molar-refractivity contribution in [2.45, 2.75) is 19.5 Å². The second-order valence-electron chi connectivity index (χ2n) is 8.00. The van der Waals surface area contributed by atoms with Crippen molar-refractivity contribution in [3.63, 3.8) is 0 Å². The molecule has 0 aliphatic rings. The van der Waals surface area contributed by atoms with Gasteiger partial charge in [0, 0.05) is 26.1 Å². The molecule has 0 spiro atoms. The summed E-state index contributed by atoms with van der Waals surface area (Å²) in [6.45, 7) is 1.40. The smallest absolute Gasteiger partial charge is 0.252 e.